The van der Waals surface area contributed by atoms with Gasteiger partial charge >= 0.3 is 0 Å². The number of amides is 1. The molecule has 0 aliphatic carbocycles. The van der Waals surface area contributed by atoms with Gasteiger partial charge in [-0.25, -0.2) is 0 Å². The zero-order valence-electron chi connectivity index (χ0n) is 12.4. The summed E-state index contributed by atoms with van der Waals surface area (Å²) in [5.74, 6) is 5.61. The number of nitrogens with zero attached hydrogens (tertiary/aromatic N) is 2. The standard InChI is InChI=1S/C15H18N4OS/c1-10-13(11(2)19(3)18-10)9-17-15(20)14-7-6-12(21-14)5-4-8-16/h6-7H,8-9,16H2,1-3H3,(H,17,20). The molecule has 0 aromatic carbocycles. The maximum atomic E-state index is 12.1. The fourth-order valence-electron chi connectivity index (χ4n) is 1.99. The molecule has 2 rings (SSSR count). The van der Waals surface area contributed by atoms with Gasteiger partial charge < -0.3 is 11.1 Å². The van der Waals surface area contributed by atoms with Crippen molar-refractivity contribution in [1.82, 2.24) is 15.1 Å². The number of carbonyl (C=O) groups is 1. The predicted molar refractivity (Wildman–Crippen MR) is 84.1 cm³/mol. The molecule has 0 saturated heterocycles. The van der Waals surface area contributed by atoms with Crippen LogP contribution in [-0.2, 0) is 13.6 Å². The fourth-order valence-corrected chi connectivity index (χ4v) is 2.79. The molecule has 110 valence electrons. The summed E-state index contributed by atoms with van der Waals surface area (Å²) in [6.07, 6.45) is 0. The van der Waals surface area contributed by atoms with Crippen LogP contribution in [0.15, 0.2) is 12.1 Å². The third-order valence-corrected chi connectivity index (χ3v) is 4.23. The zero-order valence-corrected chi connectivity index (χ0v) is 13.2. The molecule has 3 N–H and O–H groups in total. The first-order valence-electron chi connectivity index (χ1n) is 6.59. The van der Waals surface area contributed by atoms with E-state index >= 15 is 0 Å². The third kappa shape index (κ3) is 3.51. The first-order chi connectivity index (χ1) is 10.0. The molecule has 0 bridgehead atoms. The zero-order chi connectivity index (χ0) is 15.4. The lowest BCUT2D eigenvalue weighted by molar-refractivity contribution is 0.0955. The molecule has 6 heteroatoms. The molecule has 0 fully saturated rings. The molecule has 21 heavy (non-hydrogen) atoms. The molecule has 1 amide bonds. The minimum atomic E-state index is -0.0940. The number of nitrogens with two attached hydrogens (primary N) is 1. The van der Waals surface area contributed by atoms with Crippen molar-refractivity contribution < 1.29 is 4.79 Å². The second kappa shape index (κ2) is 6.57. The molecule has 2 aromatic rings. The van der Waals surface area contributed by atoms with E-state index in [0.29, 0.717) is 18.0 Å². The molecule has 5 nitrogen and oxygen atoms in total. The summed E-state index contributed by atoms with van der Waals surface area (Å²) in [7, 11) is 1.90. The molecule has 0 spiro atoms. The minimum absolute atomic E-state index is 0.0940. The van der Waals surface area contributed by atoms with Gasteiger partial charge in [0.05, 0.1) is 22.0 Å². The maximum absolute atomic E-state index is 12.1. The van der Waals surface area contributed by atoms with Crippen molar-refractivity contribution in [2.24, 2.45) is 12.8 Å². The van der Waals surface area contributed by atoms with E-state index in [1.807, 2.05) is 31.6 Å². The van der Waals surface area contributed by atoms with Crippen LogP contribution in [0.1, 0.15) is 31.5 Å². The van der Waals surface area contributed by atoms with Crippen molar-refractivity contribution in [2.75, 3.05) is 6.54 Å². The van der Waals surface area contributed by atoms with Gasteiger partial charge in [-0.3, -0.25) is 9.48 Å². The highest BCUT2D eigenvalue weighted by Crippen LogP contribution is 2.16. The Morgan fingerprint density at radius 3 is 2.86 bits per heavy atom. The highest BCUT2D eigenvalue weighted by Gasteiger charge is 2.12. The summed E-state index contributed by atoms with van der Waals surface area (Å²) in [5.41, 5.74) is 8.39. The van der Waals surface area contributed by atoms with Crippen LogP contribution >= 0.6 is 11.3 Å². The van der Waals surface area contributed by atoms with Gasteiger partial charge in [-0.15, -0.1) is 11.3 Å². The summed E-state index contributed by atoms with van der Waals surface area (Å²) in [5, 5.41) is 7.26. The summed E-state index contributed by atoms with van der Waals surface area (Å²) in [4.78, 5) is 13.6. The van der Waals surface area contributed by atoms with Gasteiger partial charge in [0.25, 0.3) is 5.91 Å². The molecular formula is C15H18N4OS. The van der Waals surface area contributed by atoms with E-state index in [-0.39, 0.29) is 5.91 Å². The number of carbonyl (C=O) groups excluding carboxylic acids is 1. The molecule has 0 radical (unpaired) electrons. The fraction of sp³-hybridized carbons (Fsp3) is 0.333. The lowest BCUT2D eigenvalue weighted by Gasteiger charge is -2.04. The van der Waals surface area contributed by atoms with Crippen molar-refractivity contribution in [2.45, 2.75) is 20.4 Å². The summed E-state index contributed by atoms with van der Waals surface area (Å²) >= 11 is 1.37. The van der Waals surface area contributed by atoms with E-state index < -0.39 is 0 Å². The number of hydrogen-bond donors (Lipinski definition) is 2. The minimum Gasteiger partial charge on any atom is -0.347 e. The Hall–Kier alpha value is -2.10. The number of aromatic nitrogens is 2. The van der Waals surface area contributed by atoms with Crippen molar-refractivity contribution >= 4 is 17.2 Å². The highest BCUT2D eigenvalue weighted by atomic mass is 32.1. The Kier molecular flexibility index (Phi) is 4.78. The normalized spacial score (nSPS) is 10.1. The van der Waals surface area contributed by atoms with Gasteiger partial charge in [-0.05, 0) is 26.0 Å². The first kappa shape index (κ1) is 15.3. The van der Waals surface area contributed by atoms with Crippen LogP contribution in [0.4, 0.5) is 0 Å². The van der Waals surface area contributed by atoms with Crippen LogP contribution in [0.2, 0.25) is 0 Å². The molecule has 0 aliphatic rings. The van der Waals surface area contributed by atoms with Crippen LogP contribution in [0.5, 0.6) is 0 Å². The number of nitrogens with one attached hydrogen (secondary N) is 1. The number of thiophene rings is 1. The second-order valence-electron chi connectivity index (χ2n) is 4.63. The van der Waals surface area contributed by atoms with E-state index in [0.717, 1.165) is 21.8 Å². The molecule has 0 atom stereocenters. The molecule has 2 heterocycles. The Bertz CT molecular complexity index is 718. The van der Waals surface area contributed by atoms with Crippen LogP contribution in [-0.4, -0.2) is 22.2 Å². The van der Waals surface area contributed by atoms with Crippen LogP contribution in [0.3, 0.4) is 0 Å². The van der Waals surface area contributed by atoms with Crippen molar-refractivity contribution in [3.8, 4) is 11.8 Å². The largest absolute Gasteiger partial charge is 0.347 e. The number of aryl methyl sites for hydroxylation is 2. The summed E-state index contributed by atoms with van der Waals surface area (Å²) in [6.45, 7) is 4.73. The predicted octanol–water partition coefficient (Wildman–Crippen LogP) is 1.34. The van der Waals surface area contributed by atoms with Crippen molar-refractivity contribution in [3.05, 3.63) is 38.8 Å². The smallest absolute Gasteiger partial charge is 0.261 e. The maximum Gasteiger partial charge on any atom is 0.261 e. The molecular weight excluding hydrogens is 284 g/mol. The summed E-state index contributed by atoms with van der Waals surface area (Å²) in [6, 6.07) is 3.62. The average molecular weight is 302 g/mol. The van der Waals surface area contributed by atoms with E-state index in [9.17, 15) is 4.79 Å². The van der Waals surface area contributed by atoms with Crippen LogP contribution in [0, 0.1) is 25.7 Å². The van der Waals surface area contributed by atoms with E-state index in [4.69, 9.17) is 5.73 Å². The monoisotopic (exact) mass is 302 g/mol. The van der Waals surface area contributed by atoms with Crippen LogP contribution in [0.25, 0.3) is 0 Å². The first-order valence-corrected chi connectivity index (χ1v) is 7.40. The lowest BCUT2D eigenvalue weighted by Crippen LogP contribution is -2.22. The number of hydrogen-bond acceptors (Lipinski definition) is 4. The van der Waals surface area contributed by atoms with E-state index in [1.165, 1.54) is 11.3 Å². The van der Waals surface area contributed by atoms with Gasteiger partial charge in [0.1, 0.15) is 0 Å². The molecule has 0 saturated carbocycles. The van der Waals surface area contributed by atoms with Gasteiger partial charge in [0, 0.05) is 24.8 Å². The highest BCUT2D eigenvalue weighted by molar-refractivity contribution is 7.14. The Morgan fingerprint density at radius 1 is 1.48 bits per heavy atom. The quantitative estimate of drug-likeness (QED) is 0.840. The van der Waals surface area contributed by atoms with Crippen molar-refractivity contribution in [1.29, 1.82) is 0 Å². The lowest BCUT2D eigenvalue weighted by atomic mass is 10.2. The van der Waals surface area contributed by atoms with Gasteiger partial charge in [0.2, 0.25) is 0 Å². The van der Waals surface area contributed by atoms with Gasteiger partial charge in [0.15, 0.2) is 0 Å². The van der Waals surface area contributed by atoms with Crippen LogP contribution < -0.4 is 11.1 Å². The second-order valence-corrected chi connectivity index (χ2v) is 5.71. The average Bonchev–Trinajstić information content (AvgIpc) is 3.01. The SMILES string of the molecule is Cc1nn(C)c(C)c1CNC(=O)c1ccc(C#CCN)s1. The molecule has 0 unspecified atom stereocenters. The Labute approximate surface area is 128 Å². The van der Waals surface area contributed by atoms with E-state index in [2.05, 4.69) is 22.3 Å². The molecule has 0 aliphatic heterocycles. The molecule has 2 aromatic heterocycles. The topological polar surface area (TPSA) is 72.9 Å². The van der Waals surface area contributed by atoms with Gasteiger partial charge in [-0.1, -0.05) is 11.8 Å². The van der Waals surface area contributed by atoms with E-state index in [1.54, 1.807) is 6.07 Å². The van der Waals surface area contributed by atoms with Crippen molar-refractivity contribution in [3.63, 3.8) is 0 Å². The number of rotatable bonds is 3. The van der Waals surface area contributed by atoms with Gasteiger partial charge in [-0.2, -0.15) is 5.10 Å². The summed E-state index contributed by atoms with van der Waals surface area (Å²) < 4.78 is 1.82. The Morgan fingerprint density at radius 2 is 2.24 bits per heavy atom. The third-order valence-electron chi connectivity index (χ3n) is 3.23. The Balaban J connectivity index is 2.03.